The standard InChI is InChI=1S/C9H10F2N2O/c1-9(10,11)7-5-13-4-3-6(7)8(14)12-2/h3-5H,1-2H3,(H,12,14). The summed E-state index contributed by atoms with van der Waals surface area (Å²) in [7, 11) is 1.39. The van der Waals surface area contributed by atoms with Crippen LogP contribution in [0.15, 0.2) is 18.5 Å². The Morgan fingerprint density at radius 2 is 2.21 bits per heavy atom. The van der Waals surface area contributed by atoms with Crippen LogP contribution in [0, 0.1) is 0 Å². The lowest BCUT2D eigenvalue weighted by molar-refractivity contribution is 0.0160. The fourth-order valence-electron chi connectivity index (χ4n) is 1.08. The number of halogens is 2. The van der Waals surface area contributed by atoms with Crippen LogP contribution in [0.1, 0.15) is 22.8 Å². The van der Waals surface area contributed by atoms with Crippen molar-refractivity contribution >= 4 is 5.91 Å². The highest BCUT2D eigenvalue weighted by atomic mass is 19.3. The first kappa shape index (κ1) is 10.6. The molecule has 0 saturated heterocycles. The number of aromatic nitrogens is 1. The van der Waals surface area contributed by atoms with Crippen LogP contribution in [0.2, 0.25) is 0 Å². The van der Waals surface area contributed by atoms with Gasteiger partial charge in [-0.25, -0.2) is 8.78 Å². The number of carbonyl (C=O) groups excluding carboxylic acids is 1. The lowest BCUT2D eigenvalue weighted by Crippen LogP contribution is -2.23. The summed E-state index contributed by atoms with van der Waals surface area (Å²) in [6, 6.07) is 1.27. The minimum atomic E-state index is -3.06. The number of rotatable bonds is 2. The maximum atomic E-state index is 13.0. The molecule has 0 atom stereocenters. The summed E-state index contributed by atoms with van der Waals surface area (Å²) >= 11 is 0. The fraction of sp³-hybridized carbons (Fsp3) is 0.333. The molecule has 0 radical (unpaired) electrons. The number of hydrogen-bond donors (Lipinski definition) is 1. The number of amides is 1. The van der Waals surface area contributed by atoms with Gasteiger partial charge in [-0.3, -0.25) is 9.78 Å². The van der Waals surface area contributed by atoms with E-state index < -0.39 is 11.8 Å². The first-order chi connectivity index (χ1) is 6.46. The molecule has 0 saturated carbocycles. The van der Waals surface area contributed by atoms with E-state index in [4.69, 9.17) is 0 Å². The highest BCUT2D eigenvalue weighted by Crippen LogP contribution is 2.28. The largest absolute Gasteiger partial charge is 0.355 e. The molecule has 0 aliphatic heterocycles. The second-order valence-corrected chi connectivity index (χ2v) is 2.89. The zero-order valence-electron chi connectivity index (χ0n) is 7.84. The highest BCUT2D eigenvalue weighted by Gasteiger charge is 2.29. The van der Waals surface area contributed by atoms with Gasteiger partial charge in [0, 0.05) is 26.4 Å². The van der Waals surface area contributed by atoms with Crippen molar-refractivity contribution in [3.63, 3.8) is 0 Å². The van der Waals surface area contributed by atoms with Crippen molar-refractivity contribution in [2.45, 2.75) is 12.8 Å². The topological polar surface area (TPSA) is 42.0 Å². The van der Waals surface area contributed by atoms with E-state index in [-0.39, 0.29) is 11.1 Å². The Hall–Kier alpha value is -1.52. The molecular weight excluding hydrogens is 190 g/mol. The molecule has 5 heteroatoms. The molecule has 0 fully saturated rings. The average molecular weight is 200 g/mol. The van der Waals surface area contributed by atoms with Gasteiger partial charge in [-0.1, -0.05) is 0 Å². The Bertz CT molecular complexity index is 347. The van der Waals surface area contributed by atoms with Gasteiger partial charge in [0.25, 0.3) is 11.8 Å². The van der Waals surface area contributed by atoms with Crippen LogP contribution < -0.4 is 5.32 Å². The van der Waals surface area contributed by atoms with Gasteiger partial charge in [0.15, 0.2) is 0 Å². The predicted octanol–water partition coefficient (Wildman–Crippen LogP) is 1.55. The Kier molecular flexibility index (Phi) is 2.78. The van der Waals surface area contributed by atoms with E-state index >= 15 is 0 Å². The molecule has 0 aromatic carbocycles. The molecule has 0 spiro atoms. The molecule has 0 aliphatic carbocycles. The summed E-state index contributed by atoms with van der Waals surface area (Å²) < 4.78 is 26.0. The number of pyridine rings is 1. The van der Waals surface area contributed by atoms with E-state index in [1.54, 1.807) is 0 Å². The third-order valence-corrected chi connectivity index (χ3v) is 1.77. The van der Waals surface area contributed by atoms with Gasteiger partial charge < -0.3 is 5.32 Å². The van der Waals surface area contributed by atoms with E-state index in [1.807, 2.05) is 0 Å². The zero-order valence-corrected chi connectivity index (χ0v) is 7.84. The quantitative estimate of drug-likeness (QED) is 0.787. The monoisotopic (exact) mass is 200 g/mol. The van der Waals surface area contributed by atoms with Gasteiger partial charge in [-0.2, -0.15) is 0 Å². The summed E-state index contributed by atoms with van der Waals surface area (Å²) in [6.07, 6.45) is 2.31. The van der Waals surface area contributed by atoms with Crippen molar-refractivity contribution in [1.82, 2.24) is 10.3 Å². The van der Waals surface area contributed by atoms with Crippen molar-refractivity contribution in [3.8, 4) is 0 Å². The molecule has 1 aromatic rings. The smallest absolute Gasteiger partial charge is 0.272 e. The molecular formula is C9H10F2N2O. The Morgan fingerprint density at radius 3 is 2.71 bits per heavy atom. The molecule has 1 N–H and O–H groups in total. The number of alkyl halides is 2. The summed E-state index contributed by atoms with van der Waals surface area (Å²) in [5, 5.41) is 2.29. The molecule has 1 rings (SSSR count). The molecule has 1 aromatic heterocycles. The lowest BCUT2D eigenvalue weighted by atomic mass is 10.1. The van der Waals surface area contributed by atoms with Crippen LogP contribution >= 0.6 is 0 Å². The van der Waals surface area contributed by atoms with Gasteiger partial charge in [-0.05, 0) is 6.07 Å². The van der Waals surface area contributed by atoms with Crippen LogP contribution in [0.4, 0.5) is 8.78 Å². The fourth-order valence-corrected chi connectivity index (χ4v) is 1.08. The van der Waals surface area contributed by atoms with E-state index in [9.17, 15) is 13.6 Å². The predicted molar refractivity (Wildman–Crippen MR) is 47.2 cm³/mol. The van der Waals surface area contributed by atoms with E-state index in [1.165, 1.54) is 19.3 Å². The lowest BCUT2D eigenvalue weighted by Gasteiger charge is -2.13. The number of nitrogens with one attached hydrogen (secondary N) is 1. The Labute approximate surface area is 80.2 Å². The van der Waals surface area contributed by atoms with Gasteiger partial charge in [-0.15, -0.1) is 0 Å². The summed E-state index contributed by atoms with van der Waals surface area (Å²) in [5.74, 6) is -3.60. The van der Waals surface area contributed by atoms with E-state index in [2.05, 4.69) is 10.3 Å². The molecule has 1 amide bonds. The summed E-state index contributed by atoms with van der Waals surface area (Å²) in [4.78, 5) is 14.8. The van der Waals surface area contributed by atoms with Crippen LogP contribution in [0.5, 0.6) is 0 Å². The second kappa shape index (κ2) is 3.69. The molecule has 1 heterocycles. The SMILES string of the molecule is CNC(=O)c1ccncc1C(C)(F)F. The Balaban J connectivity index is 3.23. The maximum absolute atomic E-state index is 13.0. The first-order valence-electron chi connectivity index (χ1n) is 4.01. The average Bonchev–Trinajstić information content (AvgIpc) is 2.15. The third-order valence-electron chi connectivity index (χ3n) is 1.77. The van der Waals surface area contributed by atoms with Crippen molar-refractivity contribution in [3.05, 3.63) is 29.6 Å². The van der Waals surface area contributed by atoms with Gasteiger partial charge >= 0.3 is 0 Å². The molecule has 76 valence electrons. The van der Waals surface area contributed by atoms with Crippen molar-refractivity contribution in [1.29, 1.82) is 0 Å². The maximum Gasteiger partial charge on any atom is 0.272 e. The third kappa shape index (κ3) is 2.04. The van der Waals surface area contributed by atoms with Gasteiger partial charge in [0.05, 0.1) is 11.1 Å². The van der Waals surface area contributed by atoms with Crippen molar-refractivity contribution in [2.75, 3.05) is 7.05 Å². The minimum Gasteiger partial charge on any atom is -0.355 e. The number of nitrogens with zero attached hydrogens (tertiary/aromatic N) is 1. The van der Waals surface area contributed by atoms with E-state index in [0.29, 0.717) is 0 Å². The summed E-state index contributed by atoms with van der Waals surface area (Å²) in [5.41, 5.74) is -0.408. The van der Waals surface area contributed by atoms with Crippen molar-refractivity contribution < 1.29 is 13.6 Å². The summed E-state index contributed by atoms with van der Waals surface area (Å²) in [6.45, 7) is 0.733. The molecule has 0 bridgehead atoms. The van der Waals surface area contributed by atoms with Gasteiger partial charge in [0.1, 0.15) is 0 Å². The molecule has 0 aliphatic rings. The second-order valence-electron chi connectivity index (χ2n) is 2.89. The van der Waals surface area contributed by atoms with Crippen LogP contribution in [0.3, 0.4) is 0 Å². The minimum absolute atomic E-state index is 0.0463. The van der Waals surface area contributed by atoms with Crippen LogP contribution in [0.25, 0.3) is 0 Å². The normalized spacial score (nSPS) is 11.1. The van der Waals surface area contributed by atoms with Crippen LogP contribution in [-0.4, -0.2) is 17.9 Å². The number of hydrogen-bond acceptors (Lipinski definition) is 2. The van der Waals surface area contributed by atoms with Gasteiger partial charge in [0.2, 0.25) is 0 Å². The van der Waals surface area contributed by atoms with Crippen molar-refractivity contribution in [2.24, 2.45) is 0 Å². The molecule has 14 heavy (non-hydrogen) atoms. The Morgan fingerprint density at radius 1 is 1.57 bits per heavy atom. The molecule has 3 nitrogen and oxygen atoms in total. The number of carbonyl (C=O) groups is 1. The van der Waals surface area contributed by atoms with Crippen LogP contribution in [-0.2, 0) is 5.92 Å². The zero-order chi connectivity index (χ0) is 10.8. The molecule has 0 unspecified atom stereocenters. The first-order valence-corrected chi connectivity index (χ1v) is 4.01. The van der Waals surface area contributed by atoms with E-state index in [0.717, 1.165) is 13.1 Å². The highest BCUT2D eigenvalue weighted by molar-refractivity contribution is 5.95.